The number of amides is 1. The second-order valence-corrected chi connectivity index (χ2v) is 9.54. The maximum Gasteiger partial charge on any atom is 0.234 e. The lowest BCUT2D eigenvalue weighted by molar-refractivity contribution is -0.113. The number of carbonyl (C=O) groups is 1. The lowest BCUT2D eigenvalue weighted by atomic mass is 10.1. The normalized spacial score (nSPS) is 15.1. The Morgan fingerprint density at radius 2 is 1.71 bits per heavy atom. The van der Waals surface area contributed by atoms with Gasteiger partial charge in [0.25, 0.3) is 0 Å². The van der Waals surface area contributed by atoms with Crippen LogP contribution in [0.5, 0.6) is 11.5 Å². The first-order valence-corrected chi connectivity index (χ1v) is 12.8. The van der Waals surface area contributed by atoms with E-state index in [9.17, 15) is 4.79 Å². The van der Waals surface area contributed by atoms with Gasteiger partial charge in [0.05, 0.1) is 5.75 Å². The summed E-state index contributed by atoms with van der Waals surface area (Å²) in [4.78, 5) is 26.4. The standard InChI is InChI=1S/C26H29N5O3S/c1-18-4-3-5-21(19(18)2)30-10-12-31(13-11-30)25-26(28-9-8-27-25)35-17-24(32)29-20-6-7-22-23(16-20)34-15-14-33-22/h3-9,16H,10-15,17H2,1-2H3,(H,29,32). The van der Waals surface area contributed by atoms with E-state index in [-0.39, 0.29) is 11.7 Å². The van der Waals surface area contributed by atoms with Gasteiger partial charge in [-0.05, 0) is 43.2 Å². The summed E-state index contributed by atoms with van der Waals surface area (Å²) in [7, 11) is 0. The van der Waals surface area contributed by atoms with E-state index in [2.05, 4.69) is 57.1 Å². The van der Waals surface area contributed by atoms with E-state index in [0.29, 0.717) is 30.4 Å². The first kappa shape index (κ1) is 23.3. The Morgan fingerprint density at radius 3 is 2.54 bits per heavy atom. The molecule has 0 unspecified atom stereocenters. The predicted octanol–water partition coefficient (Wildman–Crippen LogP) is 3.92. The minimum Gasteiger partial charge on any atom is -0.486 e. The van der Waals surface area contributed by atoms with Crippen LogP contribution in [-0.4, -0.2) is 61.0 Å². The second-order valence-electron chi connectivity index (χ2n) is 8.57. The average Bonchev–Trinajstić information content (AvgIpc) is 2.89. The van der Waals surface area contributed by atoms with E-state index in [0.717, 1.165) is 37.0 Å². The number of nitrogens with one attached hydrogen (secondary N) is 1. The molecule has 0 radical (unpaired) electrons. The molecule has 0 spiro atoms. The van der Waals surface area contributed by atoms with Crippen LogP contribution in [0.2, 0.25) is 0 Å². The summed E-state index contributed by atoms with van der Waals surface area (Å²) in [6.45, 7) is 8.91. The number of hydrogen-bond donors (Lipinski definition) is 1. The Balaban J connectivity index is 1.19. The van der Waals surface area contributed by atoms with Gasteiger partial charge in [0.2, 0.25) is 5.91 Å². The van der Waals surface area contributed by atoms with Gasteiger partial charge < -0.3 is 24.6 Å². The van der Waals surface area contributed by atoms with E-state index in [4.69, 9.17) is 9.47 Å². The topological polar surface area (TPSA) is 79.8 Å². The molecule has 2 aliphatic heterocycles. The van der Waals surface area contributed by atoms with Crippen LogP contribution in [0.25, 0.3) is 0 Å². The van der Waals surface area contributed by atoms with Gasteiger partial charge in [-0.25, -0.2) is 9.97 Å². The van der Waals surface area contributed by atoms with Crippen molar-refractivity contribution in [3.05, 3.63) is 59.9 Å². The van der Waals surface area contributed by atoms with E-state index in [1.54, 1.807) is 18.5 Å². The molecule has 0 saturated carbocycles. The SMILES string of the molecule is Cc1cccc(N2CCN(c3nccnc3SCC(=O)Nc3ccc4c(c3)OCCO4)CC2)c1C. The van der Waals surface area contributed by atoms with Crippen LogP contribution in [0.3, 0.4) is 0 Å². The summed E-state index contributed by atoms with van der Waals surface area (Å²) in [6, 6.07) is 11.9. The minimum atomic E-state index is -0.108. The summed E-state index contributed by atoms with van der Waals surface area (Å²) in [5.74, 6) is 2.32. The van der Waals surface area contributed by atoms with Gasteiger partial charge in [0, 0.05) is 56.0 Å². The van der Waals surface area contributed by atoms with Crippen molar-refractivity contribution in [1.29, 1.82) is 0 Å². The summed E-state index contributed by atoms with van der Waals surface area (Å²) < 4.78 is 11.1. The number of piperazine rings is 1. The third-order valence-electron chi connectivity index (χ3n) is 6.31. The lowest BCUT2D eigenvalue weighted by Crippen LogP contribution is -2.47. The molecule has 0 bridgehead atoms. The van der Waals surface area contributed by atoms with Gasteiger partial charge in [-0.15, -0.1) is 0 Å². The molecule has 2 aliphatic rings. The molecule has 8 nitrogen and oxygen atoms in total. The zero-order chi connectivity index (χ0) is 24.2. The average molecular weight is 492 g/mol. The monoisotopic (exact) mass is 491 g/mol. The number of thioether (sulfide) groups is 1. The number of nitrogens with zero attached hydrogens (tertiary/aromatic N) is 4. The van der Waals surface area contributed by atoms with Crippen molar-refractivity contribution in [3.63, 3.8) is 0 Å². The van der Waals surface area contributed by atoms with Crippen molar-refractivity contribution in [2.75, 3.05) is 60.3 Å². The van der Waals surface area contributed by atoms with Gasteiger partial charge in [0.1, 0.15) is 18.2 Å². The molecule has 1 N–H and O–H groups in total. The van der Waals surface area contributed by atoms with Crippen LogP contribution >= 0.6 is 11.8 Å². The third kappa shape index (κ3) is 5.30. The Morgan fingerprint density at radius 1 is 0.971 bits per heavy atom. The fraction of sp³-hybridized carbons (Fsp3) is 0.346. The molecular formula is C26H29N5O3S. The van der Waals surface area contributed by atoms with Crippen LogP contribution in [0.1, 0.15) is 11.1 Å². The van der Waals surface area contributed by atoms with E-state index in [1.165, 1.54) is 28.6 Å². The fourth-order valence-corrected chi connectivity index (χ4v) is 5.11. The molecule has 1 aromatic heterocycles. The number of anilines is 3. The third-order valence-corrected chi connectivity index (χ3v) is 7.28. The number of aromatic nitrogens is 2. The Hall–Kier alpha value is -3.46. The molecule has 182 valence electrons. The summed E-state index contributed by atoms with van der Waals surface area (Å²) in [6.07, 6.45) is 3.39. The molecule has 1 amide bonds. The maximum absolute atomic E-state index is 12.6. The molecule has 35 heavy (non-hydrogen) atoms. The van der Waals surface area contributed by atoms with Gasteiger partial charge in [-0.3, -0.25) is 4.79 Å². The number of ether oxygens (including phenoxy) is 2. The fourth-order valence-electron chi connectivity index (χ4n) is 4.33. The van der Waals surface area contributed by atoms with Crippen molar-refractivity contribution in [1.82, 2.24) is 9.97 Å². The first-order valence-electron chi connectivity index (χ1n) is 11.8. The van der Waals surface area contributed by atoms with E-state index in [1.807, 2.05) is 12.1 Å². The largest absolute Gasteiger partial charge is 0.486 e. The summed E-state index contributed by atoms with van der Waals surface area (Å²) in [5, 5.41) is 3.70. The van der Waals surface area contributed by atoms with Crippen molar-refractivity contribution >= 4 is 34.9 Å². The van der Waals surface area contributed by atoms with Crippen molar-refractivity contribution in [2.24, 2.45) is 0 Å². The number of aryl methyl sites for hydroxylation is 1. The van der Waals surface area contributed by atoms with Crippen LogP contribution in [0.15, 0.2) is 53.8 Å². The number of hydrogen-bond acceptors (Lipinski definition) is 8. The molecule has 1 saturated heterocycles. The highest BCUT2D eigenvalue weighted by atomic mass is 32.2. The van der Waals surface area contributed by atoms with Crippen molar-refractivity contribution in [2.45, 2.75) is 18.9 Å². The smallest absolute Gasteiger partial charge is 0.234 e. The van der Waals surface area contributed by atoms with Crippen LogP contribution in [0.4, 0.5) is 17.2 Å². The summed E-state index contributed by atoms with van der Waals surface area (Å²) in [5.41, 5.74) is 4.63. The minimum absolute atomic E-state index is 0.108. The number of carbonyl (C=O) groups excluding carboxylic acids is 1. The quantitative estimate of drug-likeness (QED) is 0.520. The molecule has 1 fully saturated rings. The number of rotatable bonds is 6. The number of benzene rings is 2. The Bertz CT molecular complexity index is 1210. The number of fused-ring (bicyclic) bond motifs is 1. The highest BCUT2D eigenvalue weighted by Crippen LogP contribution is 2.33. The first-order chi connectivity index (χ1) is 17.1. The van der Waals surface area contributed by atoms with Crippen molar-refractivity contribution in [3.8, 4) is 11.5 Å². The van der Waals surface area contributed by atoms with Crippen LogP contribution in [0, 0.1) is 13.8 Å². The maximum atomic E-state index is 12.6. The van der Waals surface area contributed by atoms with E-state index < -0.39 is 0 Å². The molecule has 3 heterocycles. The zero-order valence-electron chi connectivity index (χ0n) is 20.0. The Labute approximate surface area is 209 Å². The molecule has 0 atom stereocenters. The van der Waals surface area contributed by atoms with Gasteiger partial charge in [-0.2, -0.15) is 0 Å². The van der Waals surface area contributed by atoms with Crippen molar-refractivity contribution < 1.29 is 14.3 Å². The molecule has 5 rings (SSSR count). The van der Waals surface area contributed by atoms with Gasteiger partial charge in [-0.1, -0.05) is 23.9 Å². The molecule has 2 aromatic carbocycles. The summed E-state index contributed by atoms with van der Waals surface area (Å²) >= 11 is 1.40. The predicted molar refractivity (Wildman–Crippen MR) is 139 cm³/mol. The molecular weight excluding hydrogens is 462 g/mol. The highest BCUT2D eigenvalue weighted by molar-refractivity contribution is 8.00. The van der Waals surface area contributed by atoms with Crippen LogP contribution < -0.4 is 24.6 Å². The lowest BCUT2D eigenvalue weighted by Gasteiger charge is -2.37. The second kappa shape index (κ2) is 10.4. The molecule has 3 aromatic rings. The Kier molecular flexibility index (Phi) is 6.94. The molecule has 9 heteroatoms. The van der Waals surface area contributed by atoms with E-state index >= 15 is 0 Å². The molecule has 0 aliphatic carbocycles. The van der Waals surface area contributed by atoms with Gasteiger partial charge >= 0.3 is 0 Å². The van der Waals surface area contributed by atoms with Gasteiger partial charge in [0.15, 0.2) is 17.3 Å². The zero-order valence-corrected chi connectivity index (χ0v) is 20.8. The van der Waals surface area contributed by atoms with Crippen LogP contribution in [-0.2, 0) is 4.79 Å². The highest BCUT2D eigenvalue weighted by Gasteiger charge is 2.23.